The minimum absolute atomic E-state index is 0.241. The fraction of sp³-hybridized carbons (Fsp3) is 0.667. The molecule has 0 heterocycles. The number of benzene rings is 1. The predicted octanol–water partition coefficient (Wildman–Crippen LogP) is 4.53. The summed E-state index contributed by atoms with van der Waals surface area (Å²) in [6.45, 7) is 8.63. The van der Waals surface area contributed by atoms with Crippen LogP contribution in [0.2, 0.25) is 0 Å². The number of hydrogen-bond donors (Lipinski definition) is 1. The number of rotatable bonds is 6. The Balaban J connectivity index is 1.76. The van der Waals surface area contributed by atoms with E-state index in [0.717, 1.165) is 18.8 Å². The van der Waals surface area contributed by atoms with Crippen molar-refractivity contribution in [3.05, 3.63) is 29.8 Å². The average Bonchev–Trinajstić information content (AvgIpc) is 2.41. The largest absolute Gasteiger partial charge is 0.491 e. The van der Waals surface area contributed by atoms with Gasteiger partial charge in [-0.2, -0.15) is 0 Å². The third kappa shape index (κ3) is 4.82. The Kier molecular flexibility index (Phi) is 5.47. The molecule has 2 heteroatoms. The second-order valence-electron chi connectivity index (χ2n) is 6.79. The van der Waals surface area contributed by atoms with E-state index < -0.39 is 0 Å². The van der Waals surface area contributed by atoms with Crippen LogP contribution in [0.25, 0.3) is 0 Å². The van der Waals surface area contributed by atoms with Crippen molar-refractivity contribution in [3.63, 3.8) is 0 Å². The van der Waals surface area contributed by atoms with Crippen LogP contribution in [0, 0.1) is 5.41 Å². The van der Waals surface area contributed by atoms with Gasteiger partial charge >= 0.3 is 0 Å². The topological polar surface area (TPSA) is 21.3 Å². The standard InChI is InChI=1S/C18H29NO/c1-15(2)20-17-9-7-16(8-10-17)13-19-14-18(3)11-5-4-6-12-18/h7-10,15,19H,4-6,11-14H2,1-3H3. The minimum Gasteiger partial charge on any atom is -0.491 e. The Bertz CT molecular complexity index is 390. The maximum Gasteiger partial charge on any atom is 0.119 e. The zero-order valence-corrected chi connectivity index (χ0v) is 13.2. The van der Waals surface area contributed by atoms with Gasteiger partial charge in [-0.25, -0.2) is 0 Å². The van der Waals surface area contributed by atoms with E-state index in [9.17, 15) is 0 Å². The van der Waals surface area contributed by atoms with Crippen molar-refractivity contribution in [1.82, 2.24) is 5.32 Å². The van der Waals surface area contributed by atoms with E-state index in [1.54, 1.807) is 0 Å². The van der Waals surface area contributed by atoms with Crippen LogP contribution in [0.1, 0.15) is 58.4 Å². The van der Waals surface area contributed by atoms with Crippen molar-refractivity contribution < 1.29 is 4.74 Å². The third-order valence-electron chi connectivity index (χ3n) is 4.24. The minimum atomic E-state index is 0.241. The monoisotopic (exact) mass is 275 g/mol. The molecule has 0 bridgehead atoms. The van der Waals surface area contributed by atoms with E-state index in [2.05, 4.69) is 50.4 Å². The quantitative estimate of drug-likeness (QED) is 0.823. The molecular weight excluding hydrogens is 246 g/mol. The molecule has 1 saturated carbocycles. The van der Waals surface area contributed by atoms with Gasteiger partial charge in [-0.15, -0.1) is 0 Å². The highest BCUT2D eigenvalue weighted by Gasteiger charge is 2.25. The Morgan fingerprint density at radius 1 is 1.10 bits per heavy atom. The van der Waals surface area contributed by atoms with E-state index in [1.807, 2.05) is 0 Å². The normalized spacial score (nSPS) is 18.2. The second-order valence-corrected chi connectivity index (χ2v) is 6.79. The first-order chi connectivity index (χ1) is 9.57. The van der Waals surface area contributed by atoms with Crippen LogP contribution in [-0.4, -0.2) is 12.6 Å². The Morgan fingerprint density at radius 2 is 1.75 bits per heavy atom. The zero-order chi connectivity index (χ0) is 14.4. The summed E-state index contributed by atoms with van der Waals surface area (Å²) in [5.74, 6) is 0.961. The van der Waals surface area contributed by atoms with Gasteiger partial charge in [0.2, 0.25) is 0 Å². The Labute approximate surface area is 123 Å². The molecule has 0 spiro atoms. The third-order valence-corrected chi connectivity index (χ3v) is 4.24. The summed E-state index contributed by atoms with van der Waals surface area (Å²) in [6.07, 6.45) is 7.22. The lowest BCUT2D eigenvalue weighted by Gasteiger charge is -2.33. The van der Waals surface area contributed by atoms with Crippen molar-refractivity contribution >= 4 is 0 Å². The molecule has 1 aromatic carbocycles. The summed E-state index contributed by atoms with van der Waals surface area (Å²) in [7, 11) is 0. The number of hydrogen-bond acceptors (Lipinski definition) is 2. The number of ether oxygens (including phenoxy) is 1. The molecule has 0 aliphatic heterocycles. The van der Waals surface area contributed by atoms with Crippen LogP contribution < -0.4 is 10.1 Å². The molecule has 0 saturated heterocycles. The van der Waals surface area contributed by atoms with Crippen LogP contribution in [0.4, 0.5) is 0 Å². The van der Waals surface area contributed by atoms with Crippen LogP contribution in [0.15, 0.2) is 24.3 Å². The summed E-state index contributed by atoms with van der Waals surface area (Å²) < 4.78 is 5.66. The summed E-state index contributed by atoms with van der Waals surface area (Å²) in [5, 5.41) is 3.63. The Morgan fingerprint density at radius 3 is 2.35 bits per heavy atom. The molecular formula is C18H29NO. The Hall–Kier alpha value is -1.02. The van der Waals surface area contributed by atoms with Crippen LogP contribution in [-0.2, 0) is 6.54 Å². The summed E-state index contributed by atoms with van der Waals surface area (Å²) in [5.41, 5.74) is 1.85. The lowest BCUT2D eigenvalue weighted by molar-refractivity contribution is 0.207. The van der Waals surface area contributed by atoms with Gasteiger partial charge in [0.1, 0.15) is 5.75 Å². The highest BCUT2D eigenvalue weighted by Crippen LogP contribution is 2.34. The molecule has 1 aliphatic carbocycles. The maximum absolute atomic E-state index is 5.66. The highest BCUT2D eigenvalue weighted by molar-refractivity contribution is 5.27. The zero-order valence-electron chi connectivity index (χ0n) is 13.2. The molecule has 112 valence electrons. The molecule has 0 amide bonds. The van der Waals surface area contributed by atoms with Crippen molar-refractivity contribution in [2.75, 3.05) is 6.54 Å². The molecule has 1 N–H and O–H groups in total. The van der Waals surface area contributed by atoms with Gasteiger partial charge in [0.25, 0.3) is 0 Å². The van der Waals surface area contributed by atoms with E-state index in [0.29, 0.717) is 5.41 Å². The van der Waals surface area contributed by atoms with Gasteiger partial charge in [0.05, 0.1) is 6.10 Å². The molecule has 0 atom stereocenters. The SMILES string of the molecule is CC(C)Oc1ccc(CNCC2(C)CCCCC2)cc1. The van der Waals surface area contributed by atoms with Gasteiger partial charge < -0.3 is 10.1 Å². The molecule has 1 aromatic rings. The van der Waals surface area contributed by atoms with Gasteiger partial charge in [-0.05, 0) is 49.8 Å². The second kappa shape index (κ2) is 7.12. The van der Waals surface area contributed by atoms with Crippen molar-refractivity contribution in [3.8, 4) is 5.75 Å². The van der Waals surface area contributed by atoms with Crippen molar-refractivity contribution in [1.29, 1.82) is 0 Å². The average molecular weight is 275 g/mol. The number of nitrogens with one attached hydrogen (secondary N) is 1. The van der Waals surface area contributed by atoms with Crippen LogP contribution >= 0.6 is 0 Å². The van der Waals surface area contributed by atoms with E-state index in [-0.39, 0.29) is 6.10 Å². The molecule has 2 rings (SSSR count). The van der Waals surface area contributed by atoms with Crippen molar-refractivity contribution in [2.24, 2.45) is 5.41 Å². The van der Waals surface area contributed by atoms with Gasteiger partial charge in [-0.3, -0.25) is 0 Å². The van der Waals surface area contributed by atoms with Crippen LogP contribution in [0.3, 0.4) is 0 Å². The summed E-state index contributed by atoms with van der Waals surface area (Å²) >= 11 is 0. The fourth-order valence-corrected chi connectivity index (χ4v) is 3.05. The van der Waals surface area contributed by atoms with E-state index >= 15 is 0 Å². The van der Waals surface area contributed by atoms with Crippen molar-refractivity contribution in [2.45, 2.75) is 65.5 Å². The smallest absolute Gasteiger partial charge is 0.119 e. The maximum atomic E-state index is 5.66. The first kappa shape index (κ1) is 15.4. The molecule has 20 heavy (non-hydrogen) atoms. The van der Waals surface area contributed by atoms with Crippen LogP contribution in [0.5, 0.6) is 5.75 Å². The molecule has 0 radical (unpaired) electrons. The van der Waals surface area contributed by atoms with E-state index in [1.165, 1.54) is 37.7 Å². The molecule has 1 fully saturated rings. The molecule has 0 unspecified atom stereocenters. The van der Waals surface area contributed by atoms with Gasteiger partial charge in [0.15, 0.2) is 0 Å². The lowest BCUT2D eigenvalue weighted by atomic mass is 9.76. The first-order valence-electron chi connectivity index (χ1n) is 8.04. The summed E-state index contributed by atoms with van der Waals surface area (Å²) in [6, 6.07) is 8.46. The lowest BCUT2D eigenvalue weighted by Crippen LogP contribution is -2.33. The molecule has 0 aromatic heterocycles. The highest BCUT2D eigenvalue weighted by atomic mass is 16.5. The molecule has 1 aliphatic rings. The predicted molar refractivity (Wildman–Crippen MR) is 85.1 cm³/mol. The van der Waals surface area contributed by atoms with E-state index in [4.69, 9.17) is 4.74 Å². The molecule has 2 nitrogen and oxygen atoms in total. The summed E-state index contributed by atoms with van der Waals surface area (Å²) in [4.78, 5) is 0. The van der Waals surface area contributed by atoms with Gasteiger partial charge in [-0.1, -0.05) is 38.3 Å². The fourth-order valence-electron chi connectivity index (χ4n) is 3.05. The van der Waals surface area contributed by atoms with Gasteiger partial charge in [0, 0.05) is 13.1 Å². The first-order valence-corrected chi connectivity index (χ1v) is 8.04.